The lowest BCUT2D eigenvalue weighted by atomic mass is 10.1. The highest BCUT2D eigenvalue weighted by Gasteiger charge is 2.24. The van der Waals surface area contributed by atoms with Crippen LogP contribution < -0.4 is 4.90 Å². The zero-order valence-electron chi connectivity index (χ0n) is 18.7. The summed E-state index contributed by atoms with van der Waals surface area (Å²) < 4.78 is 5.49. The van der Waals surface area contributed by atoms with E-state index < -0.39 is 0 Å². The quantitative estimate of drug-likeness (QED) is 0.534. The molecule has 0 N–H and O–H groups in total. The van der Waals surface area contributed by atoms with E-state index in [0.29, 0.717) is 18.3 Å². The molecule has 0 saturated carbocycles. The number of nitrogens with zero attached hydrogens (tertiary/aromatic N) is 4. The molecule has 164 valence electrons. The molecule has 0 atom stereocenters. The van der Waals surface area contributed by atoms with Gasteiger partial charge in [-0.3, -0.25) is 4.90 Å². The number of aryl methyl sites for hydroxylation is 2. The predicted octanol–water partition coefficient (Wildman–Crippen LogP) is 5.56. The molecule has 1 aliphatic rings. The Labute approximate surface area is 188 Å². The third kappa shape index (κ3) is 5.88. The molecule has 1 fully saturated rings. The van der Waals surface area contributed by atoms with E-state index in [2.05, 4.69) is 17.1 Å². The van der Waals surface area contributed by atoms with E-state index in [1.54, 1.807) is 6.92 Å². The normalized spacial score (nSPS) is 13.4. The van der Waals surface area contributed by atoms with E-state index in [0.717, 1.165) is 41.4 Å². The van der Waals surface area contributed by atoms with Crippen molar-refractivity contribution >= 4 is 23.5 Å². The number of carbonyl (C=O) groups is 1. The van der Waals surface area contributed by atoms with E-state index in [-0.39, 0.29) is 6.03 Å². The zero-order chi connectivity index (χ0) is 22.2. The van der Waals surface area contributed by atoms with Crippen molar-refractivity contribution in [3.8, 4) is 11.5 Å². The van der Waals surface area contributed by atoms with Crippen molar-refractivity contribution in [1.29, 1.82) is 0 Å². The van der Waals surface area contributed by atoms with Crippen molar-refractivity contribution in [3.05, 3.63) is 65.5 Å². The van der Waals surface area contributed by atoms with E-state index in [4.69, 9.17) is 4.42 Å². The second-order valence-corrected chi connectivity index (χ2v) is 8.35. The smallest absolute Gasteiger partial charge is 0.324 e. The molecule has 0 radical (unpaired) electrons. The minimum atomic E-state index is 0.0609. The summed E-state index contributed by atoms with van der Waals surface area (Å²) in [6, 6.07) is 16.1. The molecule has 0 unspecified atom stereocenters. The van der Waals surface area contributed by atoms with Crippen LogP contribution in [0.2, 0.25) is 0 Å². The van der Waals surface area contributed by atoms with Crippen LogP contribution in [0.5, 0.6) is 0 Å². The van der Waals surface area contributed by atoms with E-state index in [1.807, 2.05) is 83.9 Å². The highest BCUT2D eigenvalue weighted by molar-refractivity contribution is 7.99. The Morgan fingerprint density at radius 1 is 1.00 bits per heavy atom. The summed E-state index contributed by atoms with van der Waals surface area (Å²) >= 11 is 1.90. The van der Waals surface area contributed by atoms with Gasteiger partial charge in [-0.2, -0.15) is 11.8 Å². The molecular weight excluding hydrogens is 408 g/mol. The number of urea groups is 1. The van der Waals surface area contributed by atoms with Gasteiger partial charge < -0.3 is 9.32 Å². The van der Waals surface area contributed by atoms with Gasteiger partial charge in [0.25, 0.3) is 0 Å². The van der Waals surface area contributed by atoms with Crippen molar-refractivity contribution in [3.63, 3.8) is 0 Å². The maximum atomic E-state index is 13.3. The third-order valence-corrected chi connectivity index (χ3v) is 5.87. The monoisotopic (exact) mass is 438 g/mol. The maximum absolute atomic E-state index is 13.3. The summed E-state index contributed by atoms with van der Waals surface area (Å²) in [5.74, 6) is 3.03. The van der Waals surface area contributed by atoms with Crippen molar-refractivity contribution in [2.45, 2.75) is 34.2 Å². The van der Waals surface area contributed by atoms with Gasteiger partial charge in [0.15, 0.2) is 0 Å². The van der Waals surface area contributed by atoms with Crippen LogP contribution in [-0.2, 0) is 6.54 Å². The Kier molecular flexibility index (Phi) is 8.12. The fourth-order valence-electron chi connectivity index (χ4n) is 3.27. The van der Waals surface area contributed by atoms with E-state index >= 15 is 0 Å². The number of amides is 2. The second-order valence-electron chi connectivity index (χ2n) is 7.13. The summed E-state index contributed by atoms with van der Waals surface area (Å²) in [5, 5.41) is 7.94. The van der Waals surface area contributed by atoms with Crippen molar-refractivity contribution in [2.24, 2.45) is 0 Å². The topological polar surface area (TPSA) is 62.5 Å². The minimum absolute atomic E-state index is 0.0609. The number of hydrogen-bond donors (Lipinski definition) is 0. The molecule has 3 aromatic rings. The highest BCUT2D eigenvalue weighted by Crippen LogP contribution is 2.23. The Balaban J connectivity index is 0.00000132. The molecule has 2 aromatic carbocycles. The Morgan fingerprint density at radius 2 is 1.65 bits per heavy atom. The SMILES string of the molecule is CC.Cc1ccc(N(Cc2ccc(-c3nnc(C)o3)cc2)C(=O)N2CCSCC2)cc1. The van der Waals surface area contributed by atoms with Crippen molar-refractivity contribution in [1.82, 2.24) is 15.1 Å². The molecule has 1 aromatic heterocycles. The lowest BCUT2D eigenvalue weighted by Gasteiger charge is -2.33. The summed E-state index contributed by atoms with van der Waals surface area (Å²) in [6.45, 7) is 9.92. The second kappa shape index (κ2) is 11.0. The molecule has 31 heavy (non-hydrogen) atoms. The molecule has 2 heterocycles. The molecule has 1 saturated heterocycles. The molecule has 4 rings (SSSR count). The molecule has 7 heteroatoms. The first-order valence-electron chi connectivity index (χ1n) is 10.7. The van der Waals surface area contributed by atoms with Crippen LogP contribution >= 0.6 is 11.8 Å². The summed E-state index contributed by atoms with van der Waals surface area (Å²) in [4.78, 5) is 17.1. The van der Waals surface area contributed by atoms with Crippen LogP contribution in [0.4, 0.5) is 10.5 Å². The molecule has 0 spiro atoms. The Morgan fingerprint density at radius 3 is 2.23 bits per heavy atom. The van der Waals surface area contributed by atoms with Crippen LogP contribution in [0.3, 0.4) is 0 Å². The number of carbonyl (C=O) groups excluding carboxylic acids is 1. The van der Waals surface area contributed by atoms with Crippen LogP contribution in [0.25, 0.3) is 11.5 Å². The average Bonchev–Trinajstić information content (AvgIpc) is 3.26. The zero-order valence-corrected chi connectivity index (χ0v) is 19.5. The largest absolute Gasteiger partial charge is 0.421 e. The number of aromatic nitrogens is 2. The lowest BCUT2D eigenvalue weighted by Crippen LogP contribution is -2.46. The van der Waals surface area contributed by atoms with Gasteiger partial charge in [0.2, 0.25) is 11.8 Å². The van der Waals surface area contributed by atoms with Gasteiger partial charge in [-0.15, -0.1) is 10.2 Å². The first kappa shape index (κ1) is 22.9. The van der Waals surface area contributed by atoms with Gasteiger partial charge in [0, 0.05) is 42.8 Å². The highest BCUT2D eigenvalue weighted by atomic mass is 32.2. The van der Waals surface area contributed by atoms with E-state index in [9.17, 15) is 4.79 Å². The first-order chi connectivity index (χ1) is 15.1. The van der Waals surface area contributed by atoms with E-state index in [1.165, 1.54) is 5.56 Å². The standard InChI is InChI=1S/C22H24N4O2S.C2H6/c1-16-3-9-20(10-4-16)26(22(27)25-11-13-29-14-12-25)15-18-5-7-19(8-6-18)21-24-23-17(2)28-21;1-2/h3-10H,11-15H2,1-2H3;1-2H3. The summed E-state index contributed by atoms with van der Waals surface area (Å²) in [7, 11) is 0. The predicted molar refractivity (Wildman–Crippen MR) is 127 cm³/mol. The number of rotatable bonds is 4. The maximum Gasteiger partial charge on any atom is 0.324 e. The summed E-state index contributed by atoms with van der Waals surface area (Å²) in [5.41, 5.74) is 4.01. The number of thioether (sulfide) groups is 1. The van der Waals surface area contributed by atoms with Gasteiger partial charge in [0.05, 0.1) is 6.54 Å². The molecular formula is C24H30N4O2S. The van der Waals surface area contributed by atoms with Gasteiger partial charge in [0.1, 0.15) is 0 Å². The average molecular weight is 439 g/mol. The molecule has 1 aliphatic heterocycles. The molecule has 2 amide bonds. The Hall–Kier alpha value is -2.80. The number of anilines is 1. The first-order valence-corrected chi connectivity index (χ1v) is 11.9. The molecule has 6 nitrogen and oxygen atoms in total. The van der Waals surface area contributed by atoms with Crippen LogP contribution in [-0.4, -0.2) is 45.7 Å². The Bertz CT molecular complexity index is 964. The van der Waals surface area contributed by atoms with Gasteiger partial charge >= 0.3 is 6.03 Å². The van der Waals surface area contributed by atoms with Gasteiger partial charge in [-0.1, -0.05) is 43.7 Å². The van der Waals surface area contributed by atoms with Crippen molar-refractivity contribution < 1.29 is 9.21 Å². The molecule has 0 bridgehead atoms. The van der Waals surface area contributed by atoms with Crippen molar-refractivity contribution in [2.75, 3.05) is 29.5 Å². The fraction of sp³-hybridized carbons (Fsp3) is 0.375. The van der Waals surface area contributed by atoms with Crippen LogP contribution in [0.15, 0.2) is 52.9 Å². The van der Waals surface area contributed by atoms with Crippen LogP contribution in [0, 0.1) is 13.8 Å². The number of hydrogen-bond acceptors (Lipinski definition) is 5. The molecule has 0 aliphatic carbocycles. The fourth-order valence-corrected chi connectivity index (χ4v) is 4.17. The minimum Gasteiger partial charge on any atom is -0.421 e. The van der Waals surface area contributed by atoms with Gasteiger partial charge in [-0.05, 0) is 36.8 Å². The van der Waals surface area contributed by atoms with Gasteiger partial charge in [-0.25, -0.2) is 4.79 Å². The lowest BCUT2D eigenvalue weighted by molar-refractivity contribution is 0.209. The summed E-state index contributed by atoms with van der Waals surface area (Å²) in [6.07, 6.45) is 0. The number of benzene rings is 2. The third-order valence-electron chi connectivity index (χ3n) is 4.93. The van der Waals surface area contributed by atoms with Crippen LogP contribution in [0.1, 0.15) is 30.9 Å².